The summed E-state index contributed by atoms with van der Waals surface area (Å²) in [5, 5.41) is 9.24. The highest BCUT2D eigenvalue weighted by molar-refractivity contribution is 9.09. The molecule has 8 nitrogen and oxygen atoms in total. The number of hydrogen-bond donors (Lipinski definition) is 3. The molecule has 42 heavy (non-hydrogen) atoms. The van der Waals surface area contributed by atoms with Crippen LogP contribution in [0, 0.1) is 0 Å². The summed E-state index contributed by atoms with van der Waals surface area (Å²) in [4.78, 5) is 49.2. The molecule has 0 aliphatic carbocycles. The lowest BCUT2D eigenvalue weighted by atomic mass is 9.97. The van der Waals surface area contributed by atoms with E-state index in [1.165, 1.54) is 38.5 Å². The number of nitrogens with one attached hydrogen (secondary N) is 3. The first-order chi connectivity index (χ1) is 20.4. The number of nitrogens with zero attached hydrogens (tertiary/aromatic N) is 1. The van der Waals surface area contributed by atoms with Crippen LogP contribution in [-0.4, -0.2) is 66.6 Å². The lowest BCUT2D eigenvalue weighted by Crippen LogP contribution is -2.49. The lowest BCUT2D eigenvalue weighted by molar-refractivity contribution is 0.0862. The lowest BCUT2D eigenvalue weighted by Gasteiger charge is -2.33. The van der Waals surface area contributed by atoms with Crippen molar-refractivity contribution >= 4 is 39.6 Å². The molecule has 5 rings (SSSR count). The largest absolute Gasteiger partial charge is 0.314 e. The zero-order valence-corrected chi connectivity index (χ0v) is 26.2. The molecular weight excluding hydrogens is 596 g/mol. The molecule has 0 bridgehead atoms. The van der Waals surface area contributed by atoms with E-state index in [-0.39, 0.29) is 23.6 Å². The fourth-order valence-electron chi connectivity index (χ4n) is 5.99. The minimum absolute atomic E-state index is 0.238. The van der Waals surface area contributed by atoms with Gasteiger partial charge in [0, 0.05) is 31.0 Å². The fourth-order valence-corrected chi connectivity index (χ4v) is 6.39. The highest BCUT2D eigenvalue weighted by Crippen LogP contribution is 2.23. The molecule has 0 radical (unpaired) electrons. The van der Waals surface area contributed by atoms with Gasteiger partial charge in [-0.1, -0.05) is 72.3 Å². The number of piperazine rings is 1. The van der Waals surface area contributed by atoms with E-state index in [2.05, 4.69) is 43.8 Å². The highest BCUT2D eigenvalue weighted by atomic mass is 79.9. The van der Waals surface area contributed by atoms with E-state index in [1.807, 2.05) is 24.3 Å². The van der Waals surface area contributed by atoms with Crippen LogP contribution in [0.25, 0.3) is 0 Å². The van der Waals surface area contributed by atoms with Gasteiger partial charge in [0.1, 0.15) is 0 Å². The Hall–Kier alpha value is -2.88. The van der Waals surface area contributed by atoms with Crippen molar-refractivity contribution in [3.63, 3.8) is 0 Å². The third-order valence-electron chi connectivity index (χ3n) is 8.41. The maximum Gasteiger partial charge on any atom is 0.259 e. The first kappa shape index (κ1) is 32.0. The van der Waals surface area contributed by atoms with Gasteiger partial charge in [0.2, 0.25) is 0 Å². The third-order valence-corrected chi connectivity index (χ3v) is 8.97. The molecular formula is C33H43BrN4O4. The van der Waals surface area contributed by atoms with Crippen LogP contribution in [0.2, 0.25) is 0 Å². The molecule has 3 N–H and O–H groups in total. The molecule has 9 heteroatoms. The van der Waals surface area contributed by atoms with Gasteiger partial charge in [0.05, 0.1) is 22.3 Å². The Morgan fingerprint density at radius 3 is 1.76 bits per heavy atom. The van der Waals surface area contributed by atoms with E-state index < -0.39 is 0 Å². The summed E-state index contributed by atoms with van der Waals surface area (Å²) in [5.74, 6) is -1.01. The number of likely N-dealkylation sites (N-methyl/N-ethyl adjacent to an activating group) is 1. The minimum Gasteiger partial charge on any atom is -0.314 e. The van der Waals surface area contributed by atoms with Gasteiger partial charge in [-0.2, -0.15) is 0 Å². The SMILES string of the molecule is CN1CCNCC1CCCCCCc1cccc2c1C(=O)NC2=O.O=C1NC(=O)c2c(CCCCCCBr)cccc21. The molecule has 226 valence electrons. The van der Waals surface area contributed by atoms with E-state index in [4.69, 9.17) is 0 Å². The zero-order valence-electron chi connectivity index (χ0n) is 24.6. The van der Waals surface area contributed by atoms with Crippen LogP contribution < -0.4 is 16.0 Å². The number of carbonyl (C=O) groups is 4. The van der Waals surface area contributed by atoms with Crippen LogP contribution in [0.4, 0.5) is 0 Å². The van der Waals surface area contributed by atoms with E-state index in [0.29, 0.717) is 28.3 Å². The molecule has 4 amide bonds. The van der Waals surface area contributed by atoms with Crippen LogP contribution in [-0.2, 0) is 12.8 Å². The molecule has 1 fully saturated rings. The summed E-state index contributed by atoms with van der Waals surface area (Å²) < 4.78 is 0. The number of unbranched alkanes of at least 4 members (excludes halogenated alkanes) is 6. The maximum absolute atomic E-state index is 11.9. The van der Waals surface area contributed by atoms with Gasteiger partial charge < -0.3 is 10.2 Å². The summed E-state index contributed by atoms with van der Waals surface area (Å²) in [7, 11) is 2.22. The predicted octanol–water partition coefficient (Wildman–Crippen LogP) is 5.03. The van der Waals surface area contributed by atoms with E-state index in [1.54, 1.807) is 12.1 Å². The number of aryl methyl sites for hydroxylation is 2. The van der Waals surface area contributed by atoms with Crippen LogP contribution in [0.3, 0.4) is 0 Å². The number of benzene rings is 2. The number of hydrogen-bond acceptors (Lipinski definition) is 6. The summed E-state index contributed by atoms with van der Waals surface area (Å²) in [6, 6.07) is 11.8. The Bertz CT molecular complexity index is 1280. The van der Waals surface area contributed by atoms with Crippen molar-refractivity contribution in [3.8, 4) is 0 Å². The number of alkyl halides is 1. The van der Waals surface area contributed by atoms with Crippen molar-refractivity contribution in [1.82, 2.24) is 20.9 Å². The highest BCUT2D eigenvalue weighted by Gasteiger charge is 2.29. The van der Waals surface area contributed by atoms with Gasteiger partial charge in [-0.15, -0.1) is 0 Å². The second-order valence-corrected chi connectivity index (χ2v) is 12.2. The van der Waals surface area contributed by atoms with Crippen molar-refractivity contribution < 1.29 is 19.2 Å². The smallest absolute Gasteiger partial charge is 0.259 e. The van der Waals surface area contributed by atoms with Crippen molar-refractivity contribution in [2.75, 3.05) is 32.0 Å². The molecule has 1 saturated heterocycles. The van der Waals surface area contributed by atoms with E-state index in [0.717, 1.165) is 68.2 Å². The molecule has 2 aromatic rings. The van der Waals surface area contributed by atoms with Gasteiger partial charge in [-0.3, -0.25) is 29.8 Å². The topological polar surface area (TPSA) is 108 Å². The number of amides is 4. The standard InChI is InChI=1S/C19H27N3O2.C14H16BrNO2/c1-22-12-11-20-13-15(22)9-5-3-2-4-7-14-8-6-10-16-17(14)19(24)21-18(16)23;15-9-4-2-1-3-6-10-7-5-8-11-12(10)14(18)16-13(11)17/h6,8,10,15,20H,2-5,7,9,11-13H2,1H3,(H,21,23,24);5,7-8H,1-4,6,9H2,(H,16,17,18). The van der Waals surface area contributed by atoms with Gasteiger partial charge in [0.25, 0.3) is 23.6 Å². The zero-order chi connectivity index (χ0) is 29.9. The monoisotopic (exact) mass is 638 g/mol. The Morgan fingerprint density at radius 2 is 1.24 bits per heavy atom. The number of rotatable bonds is 13. The summed E-state index contributed by atoms with van der Waals surface area (Å²) in [6.07, 6.45) is 12.3. The quantitative estimate of drug-likeness (QED) is 0.161. The number of imide groups is 2. The van der Waals surface area contributed by atoms with E-state index >= 15 is 0 Å². The summed E-state index contributed by atoms with van der Waals surface area (Å²) >= 11 is 3.41. The number of fused-ring (bicyclic) bond motifs is 2. The molecule has 0 aromatic heterocycles. The van der Waals surface area contributed by atoms with Gasteiger partial charge >= 0.3 is 0 Å². The minimum atomic E-state index is -0.267. The first-order valence-corrected chi connectivity index (χ1v) is 16.4. The first-order valence-electron chi connectivity index (χ1n) is 15.3. The Balaban J connectivity index is 0.000000201. The fraction of sp³-hybridized carbons (Fsp3) is 0.515. The van der Waals surface area contributed by atoms with E-state index in [9.17, 15) is 19.2 Å². The average molecular weight is 640 g/mol. The van der Waals surface area contributed by atoms with Crippen molar-refractivity contribution in [2.24, 2.45) is 0 Å². The Labute approximate surface area is 257 Å². The second-order valence-electron chi connectivity index (χ2n) is 11.4. The summed E-state index contributed by atoms with van der Waals surface area (Å²) in [5.41, 5.74) is 4.24. The molecule has 0 saturated carbocycles. The van der Waals surface area contributed by atoms with Crippen LogP contribution in [0.5, 0.6) is 0 Å². The number of halogens is 1. The normalized spacial score (nSPS) is 17.8. The molecule has 3 aliphatic rings. The molecule has 0 spiro atoms. The predicted molar refractivity (Wildman–Crippen MR) is 169 cm³/mol. The maximum atomic E-state index is 11.9. The van der Waals surface area contributed by atoms with Gasteiger partial charge in [-0.25, -0.2) is 0 Å². The van der Waals surface area contributed by atoms with Gasteiger partial charge in [-0.05, 0) is 68.8 Å². The van der Waals surface area contributed by atoms with Crippen molar-refractivity contribution in [3.05, 3.63) is 69.8 Å². The molecule has 1 unspecified atom stereocenters. The second kappa shape index (κ2) is 16.1. The molecule has 1 atom stereocenters. The Kier molecular flexibility index (Phi) is 12.3. The van der Waals surface area contributed by atoms with Crippen molar-refractivity contribution in [1.29, 1.82) is 0 Å². The summed E-state index contributed by atoms with van der Waals surface area (Å²) in [6.45, 7) is 3.35. The molecule has 3 aliphatic heterocycles. The van der Waals surface area contributed by atoms with Gasteiger partial charge in [0.15, 0.2) is 0 Å². The third kappa shape index (κ3) is 8.36. The van der Waals surface area contributed by atoms with Crippen LogP contribution in [0.1, 0.15) is 110 Å². The number of carbonyl (C=O) groups excluding carboxylic acids is 4. The Morgan fingerprint density at radius 1 is 0.714 bits per heavy atom. The molecule has 3 heterocycles. The van der Waals surface area contributed by atoms with Crippen LogP contribution >= 0.6 is 15.9 Å². The van der Waals surface area contributed by atoms with Crippen molar-refractivity contribution in [2.45, 2.75) is 76.7 Å². The van der Waals surface area contributed by atoms with Crippen LogP contribution in [0.15, 0.2) is 36.4 Å². The average Bonchev–Trinajstić information content (AvgIpc) is 3.45. The molecule has 2 aromatic carbocycles.